The molecular formula is C36H32BrF3N2O4. The molecule has 4 aromatic carbocycles. The number of alkyl halides is 3. The van der Waals surface area contributed by atoms with E-state index in [1.165, 1.54) is 18.2 Å². The number of aliphatic hydroxyl groups is 1. The van der Waals surface area contributed by atoms with Gasteiger partial charge in [0.1, 0.15) is 5.75 Å². The van der Waals surface area contributed by atoms with Gasteiger partial charge < -0.3 is 19.9 Å². The first-order chi connectivity index (χ1) is 22.2. The predicted molar refractivity (Wildman–Crippen MR) is 174 cm³/mol. The molecule has 0 unspecified atom stereocenters. The fourth-order valence-electron chi connectivity index (χ4n) is 5.20. The van der Waals surface area contributed by atoms with E-state index in [-0.39, 0.29) is 31.0 Å². The Balaban J connectivity index is 1.55. The van der Waals surface area contributed by atoms with E-state index in [0.29, 0.717) is 34.4 Å². The molecule has 0 aromatic heterocycles. The van der Waals surface area contributed by atoms with Gasteiger partial charge in [0.2, 0.25) is 5.90 Å². The molecular weight excluding hydrogens is 661 g/mol. The van der Waals surface area contributed by atoms with E-state index in [2.05, 4.69) is 21.2 Å². The van der Waals surface area contributed by atoms with Gasteiger partial charge in [-0.3, -0.25) is 4.79 Å². The number of aliphatic hydroxyl groups excluding tert-OH is 1. The van der Waals surface area contributed by atoms with Gasteiger partial charge in [-0.05, 0) is 47.5 Å². The van der Waals surface area contributed by atoms with Gasteiger partial charge in [0.15, 0.2) is 11.6 Å². The van der Waals surface area contributed by atoms with Crippen LogP contribution in [0, 0.1) is 0 Å². The fourth-order valence-corrected chi connectivity index (χ4v) is 5.69. The monoisotopic (exact) mass is 692 g/mol. The minimum atomic E-state index is -4.58. The molecule has 0 saturated carbocycles. The number of ether oxygens (including phenoxy) is 2. The van der Waals surface area contributed by atoms with Crippen molar-refractivity contribution in [3.8, 4) is 5.75 Å². The van der Waals surface area contributed by atoms with Crippen molar-refractivity contribution in [1.82, 2.24) is 5.32 Å². The Morgan fingerprint density at radius 1 is 0.978 bits per heavy atom. The Bertz CT molecular complexity index is 1690. The van der Waals surface area contributed by atoms with Crippen LogP contribution < -0.4 is 10.1 Å². The highest BCUT2D eigenvalue weighted by atomic mass is 79.9. The lowest BCUT2D eigenvalue weighted by Gasteiger charge is -2.30. The Hall–Kier alpha value is -4.41. The maximum atomic E-state index is 14.3. The molecule has 1 amide bonds. The lowest BCUT2D eigenvalue weighted by Crippen LogP contribution is -2.48. The molecule has 0 fully saturated rings. The van der Waals surface area contributed by atoms with Crippen LogP contribution in [0.1, 0.15) is 46.8 Å². The second kappa shape index (κ2) is 14.8. The lowest BCUT2D eigenvalue weighted by molar-refractivity contribution is -0.138. The molecule has 4 aromatic rings. The number of benzene rings is 4. The SMILES string of the molecule is O=C(NCc1ccccc1C(F)(F)F)[C@]1(C/C=C/c2ccccc2)N=C(c2ccc(OCCCO)cc2)O[C@@H]1c1ccccc1Br. The van der Waals surface area contributed by atoms with E-state index < -0.39 is 29.3 Å². The van der Waals surface area contributed by atoms with Crippen LogP contribution in [0.15, 0.2) is 119 Å². The largest absolute Gasteiger partial charge is 0.494 e. The Morgan fingerprint density at radius 3 is 2.39 bits per heavy atom. The average molecular weight is 694 g/mol. The summed E-state index contributed by atoms with van der Waals surface area (Å²) in [6.45, 7) is 0.0157. The zero-order chi connectivity index (χ0) is 32.6. The summed E-state index contributed by atoms with van der Waals surface area (Å²) in [5, 5.41) is 11.8. The van der Waals surface area contributed by atoms with E-state index in [0.717, 1.165) is 11.6 Å². The number of carbonyl (C=O) groups is 1. The molecule has 10 heteroatoms. The number of rotatable bonds is 12. The number of amides is 1. The molecule has 0 saturated heterocycles. The third-order valence-corrected chi connectivity index (χ3v) is 8.24. The summed E-state index contributed by atoms with van der Waals surface area (Å²) in [5.41, 5.74) is -0.289. The van der Waals surface area contributed by atoms with Crippen LogP contribution in [-0.4, -0.2) is 35.7 Å². The maximum Gasteiger partial charge on any atom is 0.416 e. The first-order valence-electron chi connectivity index (χ1n) is 14.7. The zero-order valence-electron chi connectivity index (χ0n) is 24.7. The number of halogens is 4. The average Bonchev–Trinajstić information content (AvgIpc) is 3.45. The minimum absolute atomic E-state index is 0.0177. The van der Waals surface area contributed by atoms with Gasteiger partial charge in [-0.15, -0.1) is 0 Å². The molecule has 0 spiro atoms. The molecule has 0 aliphatic carbocycles. The maximum absolute atomic E-state index is 14.3. The highest BCUT2D eigenvalue weighted by Crippen LogP contribution is 2.45. The van der Waals surface area contributed by atoms with Crippen LogP contribution in [0.2, 0.25) is 0 Å². The smallest absolute Gasteiger partial charge is 0.416 e. The van der Waals surface area contributed by atoms with Crippen molar-refractivity contribution in [2.75, 3.05) is 13.2 Å². The third kappa shape index (κ3) is 7.68. The van der Waals surface area contributed by atoms with Crippen molar-refractivity contribution in [2.45, 2.75) is 37.2 Å². The molecule has 238 valence electrons. The summed E-state index contributed by atoms with van der Waals surface area (Å²) >= 11 is 3.59. The fraction of sp³-hybridized carbons (Fsp3) is 0.222. The molecule has 0 bridgehead atoms. The predicted octanol–water partition coefficient (Wildman–Crippen LogP) is 7.91. The number of hydrogen-bond acceptors (Lipinski definition) is 5. The summed E-state index contributed by atoms with van der Waals surface area (Å²) in [4.78, 5) is 19.3. The number of nitrogens with one attached hydrogen (secondary N) is 1. The van der Waals surface area contributed by atoms with Crippen LogP contribution in [0.4, 0.5) is 13.2 Å². The van der Waals surface area contributed by atoms with Crippen molar-refractivity contribution in [3.05, 3.63) is 141 Å². The van der Waals surface area contributed by atoms with E-state index in [4.69, 9.17) is 19.6 Å². The number of hydrogen-bond donors (Lipinski definition) is 2. The van der Waals surface area contributed by atoms with Gasteiger partial charge in [0, 0.05) is 41.6 Å². The summed E-state index contributed by atoms with van der Waals surface area (Å²) in [5.74, 6) is 0.222. The molecule has 1 aliphatic heterocycles. The van der Waals surface area contributed by atoms with Gasteiger partial charge in [-0.2, -0.15) is 13.2 Å². The Morgan fingerprint density at radius 2 is 1.67 bits per heavy atom. The standard InChI is InChI=1S/C36H32BrF3N2O4/c37-31-16-7-5-14-29(31)32-35(21-8-12-25-10-2-1-3-11-25,34(44)41-24-27-13-4-6-15-30(27)36(38,39)40)42-33(46-32)26-17-19-28(20-18-26)45-23-9-22-43/h1-8,10-20,32,43H,9,21-24H2,(H,41,44)/b12-8+/t32-,35-/m1/s1. The van der Waals surface area contributed by atoms with Crippen molar-refractivity contribution in [1.29, 1.82) is 0 Å². The van der Waals surface area contributed by atoms with Gasteiger partial charge >= 0.3 is 6.18 Å². The molecule has 46 heavy (non-hydrogen) atoms. The molecule has 1 aliphatic rings. The van der Waals surface area contributed by atoms with E-state index in [1.54, 1.807) is 24.3 Å². The van der Waals surface area contributed by atoms with Crippen LogP contribution in [0.5, 0.6) is 5.75 Å². The van der Waals surface area contributed by atoms with Crippen LogP contribution in [0.3, 0.4) is 0 Å². The van der Waals surface area contributed by atoms with E-state index in [9.17, 15) is 18.0 Å². The number of aliphatic imine (C=N–C) groups is 1. The second-order valence-electron chi connectivity index (χ2n) is 10.7. The van der Waals surface area contributed by atoms with E-state index in [1.807, 2.05) is 66.7 Å². The Kier molecular flexibility index (Phi) is 10.6. The summed E-state index contributed by atoms with van der Waals surface area (Å²) < 4.78 is 54.1. The van der Waals surface area contributed by atoms with Crippen LogP contribution in [-0.2, 0) is 22.3 Å². The first-order valence-corrected chi connectivity index (χ1v) is 15.5. The number of nitrogens with zero attached hydrogens (tertiary/aromatic N) is 1. The molecule has 2 N–H and O–H groups in total. The second-order valence-corrected chi connectivity index (χ2v) is 11.5. The van der Waals surface area contributed by atoms with Gasteiger partial charge in [0.05, 0.1) is 12.2 Å². The summed E-state index contributed by atoms with van der Waals surface area (Å²) in [6.07, 6.45) is -1.21. The molecule has 5 rings (SSSR count). The topological polar surface area (TPSA) is 80.2 Å². The summed E-state index contributed by atoms with van der Waals surface area (Å²) in [6, 6.07) is 29.0. The van der Waals surface area contributed by atoms with Crippen molar-refractivity contribution in [3.63, 3.8) is 0 Å². The molecule has 0 radical (unpaired) electrons. The quantitative estimate of drug-likeness (QED) is 0.148. The van der Waals surface area contributed by atoms with Gasteiger partial charge in [-0.1, -0.05) is 94.8 Å². The Labute approximate surface area is 273 Å². The zero-order valence-corrected chi connectivity index (χ0v) is 26.3. The number of carbonyl (C=O) groups excluding carboxylic acids is 1. The van der Waals surface area contributed by atoms with Crippen molar-refractivity contribution in [2.24, 2.45) is 4.99 Å². The van der Waals surface area contributed by atoms with Gasteiger partial charge in [0.25, 0.3) is 5.91 Å². The van der Waals surface area contributed by atoms with Crippen LogP contribution in [0.25, 0.3) is 6.08 Å². The van der Waals surface area contributed by atoms with Gasteiger partial charge in [-0.25, -0.2) is 4.99 Å². The normalized spacial score (nSPS) is 17.8. The highest BCUT2D eigenvalue weighted by Gasteiger charge is 2.53. The molecule has 6 nitrogen and oxygen atoms in total. The van der Waals surface area contributed by atoms with Crippen molar-refractivity contribution >= 4 is 33.8 Å². The van der Waals surface area contributed by atoms with E-state index >= 15 is 0 Å². The molecule has 2 atom stereocenters. The third-order valence-electron chi connectivity index (χ3n) is 7.52. The highest BCUT2D eigenvalue weighted by molar-refractivity contribution is 9.10. The lowest BCUT2D eigenvalue weighted by atomic mass is 9.84. The molecule has 1 heterocycles. The first kappa shape index (κ1) is 33.0. The summed E-state index contributed by atoms with van der Waals surface area (Å²) in [7, 11) is 0. The van der Waals surface area contributed by atoms with Crippen molar-refractivity contribution < 1.29 is 32.5 Å². The van der Waals surface area contributed by atoms with Crippen LogP contribution >= 0.6 is 15.9 Å². The minimum Gasteiger partial charge on any atom is -0.494 e.